The first kappa shape index (κ1) is 34.2. The van der Waals surface area contributed by atoms with E-state index < -0.39 is 118 Å². The largest absolute Gasteiger partial charge is 0.472 e. The van der Waals surface area contributed by atoms with E-state index in [1.807, 2.05) is 13.8 Å². The molecule has 13 nitrogen and oxygen atoms in total. The predicted molar refractivity (Wildman–Crippen MR) is 166 cm³/mol. The molecule has 1 aromatic rings. The Morgan fingerprint density at radius 1 is 0.959 bits per heavy atom. The smallest absolute Gasteiger partial charge is 0.335 e. The van der Waals surface area contributed by atoms with Crippen LogP contribution in [-0.4, -0.2) is 94.6 Å². The number of hydrogen-bond donors (Lipinski definition) is 2. The fourth-order valence-electron chi connectivity index (χ4n) is 10.2. The van der Waals surface area contributed by atoms with E-state index in [1.165, 1.54) is 12.5 Å². The molecule has 6 fully saturated rings. The number of rotatable bonds is 7. The first-order valence-electron chi connectivity index (χ1n) is 17.1. The molecule has 1 aromatic heterocycles. The van der Waals surface area contributed by atoms with Crippen molar-refractivity contribution in [3.8, 4) is 0 Å². The number of ether oxygens (including phenoxy) is 6. The fraction of sp³-hybridized carbons (Fsp3) is 0.722. The maximum absolute atomic E-state index is 13.7. The lowest BCUT2D eigenvalue weighted by Gasteiger charge is -2.56. The van der Waals surface area contributed by atoms with Gasteiger partial charge in [0.15, 0.2) is 12.2 Å². The first-order chi connectivity index (χ1) is 22.9. The molecule has 0 bridgehead atoms. The Balaban J connectivity index is 1.40. The summed E-state index contributed by atoms with van der Waals surface area (Å²) in [7, 11) is 0. The zero-order chi connectivity index (χ0) is 35.6. The molecule has 2 N–H and O–H groups in total. The van der Waals surface area contributed by atoms with Gasteiger partial charge < -0.3 is 43.1 Å². The van der Waals surface area contributed by atoms with Gasteiger partial charge in [-0.2, -0.15) is 0 Å². The van der Waals surface area contributed by atoms with Gasteiger partial charge in [0.25, 0.3) is 0 Å². The quantitative estimate of drug-likeness (QED) is 0.185. The third kappa shape index (κ3) is 4.50. The Bertz CT molecular complexity index is 1570. The predicted octanol–water partition coefficient (Wildman–Crippen LogP) is 2.61. The minimum atomic E-state index is -1.46. The van der Waals surface area contributed by atoms with E-state index in [0.29, 0.717) is 11.1 Å². The molecule has 13 heteroatoms. The van der Waals surface area contributed by atoms with Crippen LogP contribution in [0.25, 0.3) is 0 Å². The molecule has 0 amide bonds. The summed E-state index contributed by atoms with van der Waals surface area (Å²) in [6, 6.07) is 1.74. The maximum atomic E-state index is 13.7. The van der Waals surface area contributed by atoms with E-state index in [1.54, 1.807) is 40.7 Å². The van der Waals surface area contributed by atoms with Crippen molar-refractivity contribution in [2.45, 2.75) is 121 Å². The number of fused-ring (bicyclic) bond motifs is 5. The summed E-state index contributed by atoms with van der Waals surface area (Å²) in [4.78, 5) is 53.3. The van der Waals surface area contributed by atoms with E-state index in [9.17, 15) is 29.4 Å². The van der Waals surface area contributed by atoms with Crippen LogP contribution < -0.4 is 0 Å². The second-order valence-corrected chi connectivity index (χ2v) is 16.1. The lowest BCUT2D eigenvalue weighted by atomic mass is 9.49. The van der Waals surface area contributed by atoms with Gasteiger partial charge >= 0.3 is 23.9 Å². The highest BCUT2D eigenvalue weighted by molar-refractivity contribution is 5.77. The summed E-state index contributed by atoms with van der Waals surface area (Å²) >= 11 is 0. The van der Waals surface area contributed by atoms with Gasteiger partial charge in [-0.15, -0.1) is 0 Å². The summed E-state index contributed by atoms with van der Waals surface area (Å²) in [5, 5.41) is 21.6. The van der Waals surface area contributed by atoms with Gasteiger partial charge in [-0.25, -0.2) is 9.59 Å². The van der Waals surface area contributed by atoms with E-state index in [2.05, 4.69) is 6.58 Å². The molecule has 4 aliphatic heterocycles. The number of aliphatic hydroxyl groups excluding tert-OH is 2. The van der Waals surface area contributed by atoms with Crippen LogP contribution in [0.2, 0.25) is 0 Å². The average molecular weight is 687 g/mol. The number of furan rings is 1. The zero-order valence-electron chi connectivity index (χ0n) is 28.9. The molecular weight excluding hydrogens is 640 g/mol. The summed E-state index contributed by atoms with van der Waals surface area (Å²) in [5.74, 6) is -5.45. The minimum Gasteiger partial charge on any atom is -0.472 e. The molecule has 0 unspecified atom stereocenters. The fourth-order valence-corrected chi connectivity index (χ4v) is 10.2. The monoisotopic (exact) mass is 686 g/mol. The van der Waals surface area contributed by atoms with Crippen molar-refractivity contribution in [1.82, 2.24) is 0 Å². The average Bonchev–Trinajstić information content (AvgIpc) is 3.34. The van der Waals surface area contributed by atoms with E-state index >= 15 is 0 Å². The van der Waals surface area contributed by atoms with E-state index in [-0.39, 0.29) is 19.4 Å². The topological polar surface area (TPSA) is 181 Å². The normalized spacial score (nSPS) is 44.8. The molecule has 2 saturated carbocycles. The Kier molecular flexibility index (Phi) is 7.76. The number of esters is 4. The molecule has 6 aliphatic rings. The van der Waals surface area contributed by atoms with Crippen LogP contribution in [0, 0.1) is 34.5 Å². The second kappa shape index (κ2) is 11.1. The summed E-state index contributed by atoms with van der Waals surface area (Å²) in [6.07, 6.45) is -4.56. The van der Waals surface area contributed by atoms with Crippen molar-refractivity contribution in [2.24, 2.45) is 34.5 Å². The van der Waals surface area contributed by atoms with Crippen molar-refractivity contribution in [3.05, 3.63) is 36.3 Å². The van der Waals surface area contributed by atoms with Gasteiger partial charge in [0.2, 0.25) is 0 Å². The van der Waals surface area contributed by atoms with Gasteiger partial charge in [0.1, 0.15) is 42.2 Å². The summed E-state index contributed by atoms with van der Waals surface area (Å²) in [6.45, 7) is 16.9. The zero-order valence-corrected chi connectivity index (χ0v) is 28.9. The summed E-state index contributed by atoms with van der Waals surface area (Å²) in [5.41, 5.74) is -3.38. The second-order valence-electron chi connectivity index (χ2n) is 16.1. The van der Waals surface area contributed by atoms with Gasteiger partial charge in [0.05, 0.1) is 36.9 Å². The number of epoxide rings is 1. The highest BCUT2D eigenvalue weighted by atomic mass is 16.7. The molecule has 268 valence electrons. The van der Waals surface area contributed by atoms with Gasteiger partial charge in [0, 0.05) is 23.2 Å². The van der Waals surface area contributed by atoms with Gasteiger partial charge in [-0.1, -0.05) is 48.1 Å². The van der Waals surface area contributed by atoms with Crippen molar-refractivity contribution < 1.29 is 62.2 Å². The molecular formula is C36H46O13. The van der Waals surface area contributed by atoms with Crippen LogP contribution in [0.5, 0.6) is 0 Å². The first-order valence-corrected chi connectivity index (χ1v) is 17.1. The highest BCUT2D eigenvalue weighted by Gasteiger charge is 2.89. The minimum absolute atomic E-state index is 0.0489. The van der Waals surface area contributed by atoms with Crippen LogP contribution in [-0.2, 0) is 47.6 Å². The Labute approximate surface area is 284 Å². The van der Waals surface area contributed by atoms with Crippen molar-refractivity contribution in [1.29, 1.82) is 0 Å². The molecule has 5 heterocycles. The van der Waals surface area contributed by atoms with Gasteiger partial charge in [-0.05, 0) is 36.0 Å². The molecule has 2 aliphatic carbocycles. The Hall–Kier alpha value is -3.26. The summed E-state index contributed by atoms with van der Waals surface area (Å²) < 4.78 is 42.9. The lowest BCUT2D eigenvalue weighted by molar-refractivity contribution is -0.206. The Morgan fingerprint density at radius 2 is 1.61 bits per heavy atom. The highest BCUT2D eigenvalue weighted by Crippen LogP contribution is 2.78. The molecule has 4 saturated heterocycles. The number of carbonyl (C=O) groups is 4. The number of hydrogen-bond acceptors (Lipinski definition) is 13. The number of aliphatic hydroxyl groups is 2. The Morgan fingerprint density at radius 3 is 2.22 bits per heavy atom. The van der Waals surface area contributed by atoms with Crippen molar-refractivity contribution in [3.63, 3.8) is 0 Å². The van der Waals surface area contributed by atoms with Gasteiger partial charge in [-0.3, -0.25) is 9.59 Å². The van der Waals surface area contributed by atoms with Crippen molar-refractivity contribution >= 4 is 23.9 Å². The van der Waals surface area contributed by atoms with Crippen LogP contribution in [0.4, 0.5) is 0 Å². The van der Waals surface area contributed by atoms with E-state index in [4.69, 9.17) is 32.8 Å². The number of carbonyl (C=O) groups excluding carboxylic acids is 4. The molecule has 0 radical (unpaired) electrons. The maximum Gasteiger partial charge on any atom is 0.335 e. The van der Waals surface area contributed by atoms with Crippen LogP contribution in [0.1, 0.15) is 72.8 Å². The third-order valence-electron chi connectivity index (χ3n) is 12.7. The van der Waals surface area contributed by atoms with Crippen molar-refractivity contribution in [2.75, 3.05) is 6.61 Å². The lowest BCUT2D eigenvalue weighted by Crippen LogP contribution is -2.65. The molecule has 49 heavy (non-hydrogen) atoms. The van der Waals surface area contributed by atoms with Crippen LogP contribution >= 0.6 is 0 Å². The molecule has 1 spiro atoms. The molecule has 14 atom stereocenters. The SMILES string of the molecule is C=C1[C@@H]2[C@@H](O[C@H]3CC(=O)O[C@]4(C)COC(=O)C[C@@H]4[C@]32C)[C@H](OC(=O)[C@H](O)C(C)C)[C@@]2(C)[C@H](c3ccoc3)[C@@H](OC(=O)[C@@H](O)C(C)C)[C@H]3O[C@]132. The molecule has 7 rings (SSSR count). The van der Waals surface area contributed by atoms with E-state index in [0.717, 1.165) is 0 Å². The third-order valence-corrected chi connectivity index (χ3v) is 12.7. The number of cyclic esters (lactones) is 1. The standard InChI is InChI=1S/C36H46O13/c1-15(2)25(39)31(41)46-28-24(18-9-10-43-13-18)35(8)29(47-32(42)26(40)16(3)4)27-23(17(5)36(35)30(28)49-36)34(7)19-11-21(37)44-14-33(19,6)48-22(38)12-20(34)45-27/h9-10,13,15-16,19-20,23-30,39-40H,5,11-12,14H2,1-4,6-8H3/t19-,20-,23+,24+,25-,26+,27+,28+,29-,30+,33+,34+,35+,36+/m0/s1. The van der Waals surface area contributed by atoms with Crippen LogP contribution in [0.3, 0.4) is 0 Å². The molecule has 0 aromatic carbocycles. The van der Waals surface area contributed by atoms with Crippen LogP contribution in [0.15, 0.2) is 35.2 Å².